The van der Waals surface area contributed by atoms with E-state index < -0.39 is 5.54 Å². The van der Waals surface area contributed by atoms with E-state index in [9.17, 15) is 4.79 Å². The lowest BCUT2D eigenvalue weighted by Crippen LogP contribution is -2.45. The Hall–Kier alpha value is -1.65. The third-order valence-corrected chi connectivity index (χ3v) is 3.97. The van der Waals surface area contributed by atoms with Crippen molar-refractivity contribution in [3.8, 4) is 0 Å². The van der Waals surface area contributed by atoms with Crippen molar-refractivity contribution in [3.05, 3.63) is 40.5 Å². The molecule has 0 spiro atoms. The van der Waals surface area contributed by atoms with Crippen LogP contribution in [-0.2, 0) is 0 Å². The number of hydrogen-bond acceptors (Lipinski definition) is 3. The third-order valence-electron chi connectivity index (χ3n) is 3.74. The number of rotatable bonds is 4. The van der Waals surface area contributed by atoms with Gasteiger partial charge in [0.2, 0.25) is 0 Å². The Morgan fingerprint density at radius 1 is 1.41 bits per heavy atom. The molecular formula is C17H20ClN3O. The Morgan fingerprint density at radius 3 is 2.77 bits per heavy atom. The van der Waals surface area contributed by atoms with Crippen LogP contribution in [0.4, 0.5) is 0 Å². The van der Waals surface area contributed by atoms with Crippen LogP contribution in [-0.4, -0.2) is 23.0 Å². The molecule has 2 aromatic rings. The lowest BCUT2D eigenvalue weighted by atomic mass is 10.0. The fourth-order valence-electron chi connectivity index (χ4n) is 2.40. The normalized spacial score (nSPS) is 15.1. The zero-order chi connectivity index (χ0) is 15.9. The van der Waals surface area contributed by atoms with Crippen molar-refractivity contribution in [2.45, 2.75) is 38.1 Å². The summed E-state index contributed by atoms with van der Waals surface area (Å²) in [6.07, 6.45) is 2.28. The summed E-state index contributed by atoms with van der Waals surface area (Å²) in [4.78, 5) is 17.2. The zero-order valence-corrected chi connectivity index (χ0v) is 13.6. The number of fused-ring (bicyclic) bond motifs is 1. The molecule has 1 aromatic heterocycles. The number of pyridine rings is 1. The van der Waals surface area contributed by atoms with Crippen LogP contribution in [0.5, 0.6) is 0 Å². The molecule has 3 rings (SSSR count). The number of nitrogens with one attached hydrogen (secondary N) is 1. The van der Waals surface area contributed by atoms with Gasteiger partial charge >= 0.3 is 0 Å². The van der Waals surface area contributed by atoms with Gasteiger partial charge in [-0.15, -0.1) is 0 Å². The highest BCUT2D eigenvalue weighted by molar-refractivity contribution is 6.31. The van der Waals surface area contributed by atoms with E-state index in [4.69, 9.17) is 17.3 Å². The van der Waals surface area contributed by atoms with Crippen LogP contribution in [0.2, 0.25) is 5.02 Å². The van der Waals surface area contributed by atoms with E-state index in [0.29, 0.717) is 23.0 Å². The van der Waals surface area contributed by atoms with Crippen molar-refractivity contribution >= 4 is 28.4 Å². The monoisotopic (exact) mass is 317 g/mol. The number of hydrogen-bond donors (Lipinski definition) is 2. The van der Waals surface area contributed by atoms with Crippen molar-refractivity contribution in [2.24, 2.45) is 5.73 Å². The topological polar surface area (TPSA) is 68.0 Å². The van der Waals surface area contributed by atoms with Crippen LogP contribution in [0.15, 0.2) is 24.3 Å². The van der Waals surface area contributed by atoms with Crippen LogP contribution in [0, 0.1) is 0 Å². The highest BCUT2D eigenvalue weighted by atomic mass is 35.5. The van der Waals surface area contributed by atoms with Crippen molar-refractivity contribution < 1.29 is 4.79 Å². The van der Waals surface area contributed by atoms with Gasteiger partial charge < -0.3 is 11.1 Å². The van der Waals surface area contributed by atoms with E-state index in [1.54, 1.807) is 12.1 Å². The molecule has 0 bridgehead atoms. The van der Waals surface area contributed by atoms with Gasteiger partial charge in [-0.05, 0) is 51.0 Å². The first kappa shape index (κ1) is 15.3. The molecule has 1 heterocycles. The Bertz CT molecular complexity index is 732. The van der Waals surface area contributed by atoms with Crippen molar-refractivity contribution in [1.29, 1.82) is 0 Å². The molecule has 1 fully saturated rings. The van der Waals surface area contributed by atoms with Gasteiger partial charge in [-0.3, -0.25) is 9.78 Å². The van der Waals surface area contributed by atoms with Gasteiger partial charge in [0.1, 0.15) is 0 Å². The van der Waals surface area contributed by atoms with E-state index in [1.165, 1.54) is 0 Å². The smallest absolute Gasteiger partial charge is 0.252 e. The van der Waals surface area contributed by atoms with E-state index in [-0.39, 0.29) is 5.91 Å². The first-order valence-electron chi connectivity index (χ1n) is 7.51. The highest BCUT2D eigenvalue weighted by Crippen LogP contribution is 2.40. The van der Waals surface area contributed by atoms with Crippen LogP contribution in [0.25, 0.3) is 10.9 Å². The summed E-state index contributed by atoms with van der Waals surface area (Å²) in [5, 5.41) is 4.28. The second kappa shape index (κ2) is 5.52. The molecule has 0 radical (unpaired) electrons. The Labute approximate surface area is 135 Å². The number of aromatic nitrogens is 1. The Balaban J connectivity index is 2.01. The van der Waals surface area contributed by atoms with Gasteiger partial charge in [0, 0.05) is 34.1 Å². The number of carbonyl (C=O) groups excluding carboxylic acids is 1. The maximum atomic E-state index is 12.6. The number of carbonyl (C=O) groups is 1. The van der Waals surface area contributed by atoms with E-state index in [0.717, 1.165) is 29.4 Å². The van der Waals surface area contributed by atoms with Crippen molar-refractivity contribution in [3.63, 3.8) is 0 Å². The molecule has 22 heavy (non-hydrogen) atoms. The largest absolute Gasteiger partial charge is 0.350 e. The maximum Gasteiger partial charge on any atom is 0.252 e. The van der Waals surface area contributed by atoms with Gasteiger partial charge in [-0.25, -0.2) is 0 Å². The summed E-state index contributed by atoms with van der Waals surface area (Å²) in [7, 11) is 0. The molecule has 1 aliphatic rings. The van der Waals surface area contributed by atoms with Gasteiger partial charge in [-0.1, -0.05) is 11.6 Å². The summed E-state index contributed by atoms with van der Waals surface area (Å²) in [5.41, 5.74) is 7.92. The van der Waals surface area contributed by atoms with Crippen LogP contribution in [0.3, 0.4) is 0 Å². The SMILES string of the molecule is CC(C)(N)CNC(=O)c1cc(C2CC2)nc2ccc(Cl)cc12. The van der Waals surface area contributed by atoms with Crippen LogP contribution in [0.1, 0.15) is 48.7 Å². The number of halogens is 1. The first-order valence-corrected chi connectivity index (χ1v) is 7.88. The van der Waals surface area contributed by atoms with Gasteiger partial charge in [0.05, 0.1) is 11.1 Å². The second-order valence-electron chi connectivity index (χ2n) is 6.70. The fraction of sp³-hybridized carbons (Fsp3) is 0.412. The summed E-state index contributed by atoms with van der Waals surface area (Å²) in [5.74, 6) is 0.354. The zero-order valence-electron chi connectivity index (χ0n) is 12.8. The Kier molecular flexibility index (Phi) is 3.83. The molecule has 1 saturated carbocycles. The Morgan fingerprint density at radius 2 is 2.14 bits per heavy atom. The molecule has 0 atom stereocenters. The highest BCUT2D eigenvalue weighted by Gasteiger charge is 2.27. The molecule has 0 unspecified atom stereocenters. The number of amides is 1. The summed E-state index contributed by atoms with van der Waals surface area (Å²) >= 11 is 6.08. The lowest BCUT2D eigenvalue weighted by molar-refractivity contribution is 0.0947. The molecule has 1 amide bonds. The molecular weight excluding hydrogens is 298 g/mol. The van der Waals surface area contributed by atoms with Gasteiger partial charge in [0.25, 0.3) is 5.91 Å². The van der Waals surface area contributed by atoms with Gasteiger partial charge in [-0.2, -0.15) is 0 Å². The quantitative estimate of drug-likeness (QED) is 0.909. The molecule has 1 aliphatic carbocycles. The van der Waals surface area contributed by atoms with E-state index in [1.807, 2.05) is 26.0 Å². The molecule has 1 aromatic carbocycles. The molecule has 4 nitrogen and oxygen atoms in total. The van der Waals surface area contributed by atoms with E-state index >= 15 is 0 Å². The predicted molar refractivity (Wildman–Crippen MR) is 89.3 cm³/mol. The van der Waals surface area contributed by atoms with Crippen molar-refractivity contribution in [2.75, 3.05) is 6.54 Å². The number of benzene rings is 1. The average molecular weight is 318 g/mol. The fourth-order valence-corrected chi connectivity index (χ4v) is 2.57. The lowest BCUT2D eigenvalue weighted by Gasteiger charge is -2.19. The van der Waals surface area contributed by atoms with Crippen molar-refractivity contribution in [1.82, 2.24) is 10.3 Å². The maximum absolute atomic E-state index is 12.6. The summed E-state index contributed by atoms with van der Waals surface area (Å²) in [6, 6.07) is 7.36. The third kappa shape index (κ3) is 3.39. The second-order valence-corrected chi connectivity index (χ2v) is 7.14. The molecule has 0 aliphatic heterocycles. The predicted octanol–water partition coefficient (Wildman–Crippen LogP) is 3.23. The summed E-state index contributed by atoms with van der Waals surface area (Å²) < 4.78 is 0. The number of nitrogens with two attached hydrogens (primary N) is 1. The minimum absolute atomic E-state index is 0.130. The number of nitrogens with zero attached hydrogens (tertiary/aromatic N) is 1. The average Bonchev–Trinajstić information content (AvgIpc) is 3.27. The first-order chi connectivity index (χ1) is 10.3. The van der Waals surface area contributed by atoms with Crippen LogP contribution < -0.4 is 11.1 Å². The molecule has 0 saturated heterocycles. The molecule has 116 valence electrons. The van der Waals surface area contributed by atoms with Gasteiger partial charge in [0.15, 0.2) is 0 Å². The molecule has 3 N–H and O–H groups in total. The minimum atomic E-state index is -0.449. The molecule has 5 heteroatoms. The van der Waals surface area contributed by atoms with E-state index in [2.05, 4.69) is 10.3 Å². The standard InChI is InChI=1S/C17H20ClN3O/c1-17(2,19)9-20-16(22)13-8-15(10-3-4-10)21-14-6-5-11(18)7-12(13)14/h5-8,10H,3-4,9,19H2,1-2H3,(H,20,22). The summed E-state index contributed by atoms with van der Waals surface area (Å²) in [6.45, 7) is 4.17. The van der Waals surface area contributed by atoms with Crippen LogP contribution >= 0.6 is 11.6 Å². The minimum Gasteiger partial charge on any atom is -0.350 e.